The first kappa shape index (κ1) is 7.17. The maximum absolute atomic E-state index is 8.94. The van der Waals surface area contributed by atoms with Gasteiger partial charge in [0.2, 0.25) is 12.3 Å². The summed E-state index contributed by atoms with van der Waals surface area (Å²) in [5.41, 5.74) is 5.44. The number of hydrogen-bond donors (Lipinski definition) is 2. The molecule has 1 rings (SSSR count). The molecule has 0 spiro atoms. The second-order valence-corrected chi connectivity index (χ2v) is 2.04. The van der Waals surface area contributed by atoms with E-state index in [2.05, 4.69) is 10.2 Å². The molecule has 1 aromatic heterocycles. The molecule has 56 valence electrons. The number of aromatic nitrogens is 2. The summed E-state index contributed by atoms with van der Waals surface area (Å²) in [6.45, 7) is 1.56. The second kappa shape index (κ2) is 2.76. The molecule has 0 fully saturated rings. The van der Waals surface area contributed by atoms with Gasteiger partial charge in [0, 0.05) is 0 Å². The minimum atomic E-state index is -0.666. The molecule has 2 atom stereocenters. The van der Waals surface area contributed by atoms with Crippen molar-refractivity contribution in [2.75, 3.05) is 0 Å². The van der Waals surface area contributed by atoms with Gasteiger partial charge in [-0.05, 0) is 6.92 Å². The lowest BCUT2D eigenvalue weighted by Gasteiger charge is -2.08. The van der Waals surface area contributed by atoms with Crippen molar-refractivity contribution < 1.29 is 9.52 Å². The van der Waals surface area contributed by atoms with Gasteiger partial charge in [0.05, 0.1) is 6.10 Å². The Morgan fingerprint density at radius 2 is 2.50 bits per heavy atom. The summed E-state index contributed by atoms with van der Waals surface area (Å²) in [6.07, 6.45) is 0.512. The molecule has 1 heterocycles. The summed E-state index contributed by atoms with van der Waals surface area (Å²) in [5, 5.41) is 15.9. The highest BCUT2D eigenvalue weighted by atomic mass is 16.4. The number of aliphatic hydroxyl groups is 1. The van der Waals surface area contributed by atoms with Crippen molar-refractivity contribution in [3.8, 4) is 0 Å². The van der Waals surface area contributed by atoms with Crippen molar-refractivity contribution in [2.45, 2.75) is 19.1 Å². The Balaban J connectivity index is 2.68. The van der Waals surface area contributed by atoms with Gasteiger partial charge in [-0.2, -0.15) is 0 Å². The van der Waals surface area contributed by atoms with E-state index >= 15 is 0 Å². The summed E-state index contributed by atoms with van der Waals surface area (Å²) in [7, 11) is 0. The van der Waals surface area contributed by atoms with E-state index < -0.39 is 12.1 Å². The molecule has 0 aliphatic rings. The SMILES string of the molecule is C[C@@H](O)[C@H](N)c1nnco1. The van der Waals surface area contributed by atoms with Crippen LogP contribution in [0.1, 0.15) is 18.9 Å². The van der Waals surface area contributed by atoms with Crippen molar-refractivity contribution in [3.63, 3.8) is 0 Å². The first-order valence-electron chi connectivity index (χ1n) is 2.91. The van der Waals surface area contributed by atoms with Crippen LogP contribution in [0.25, 0.3) is 0 Å². The van der Waals surface area contributed by atoms with Crippen molar-refractivity contribution in [2.24, 2.45) is 5.73 Å². The zero-order valence-corrected chi connectivity index (χ0v) is 5.56. The van der Waals surface area contributed by atoms with Crippen LogP contribution in [0.2, 0.25) is 0 Å². The zero-order chi connectivity index (χ0) is 7.56. The minimum Gasteiger partial charge on any atom is -0.426 e. The largest absolute Gasteiger partial charge is 0.426 e. The third-order valence-electron chi connectivity index (χ3n) is 1.18. The topological polar surface area (TPSA) is 85.2 Å². The summed E-state index contributed by atoms with van der Waals surface area (Å²) in [5.74, 6) is 0.259. The smallest absolute Gasteiger partial charge is 0.235 e. The summed E-state index contributed by atoms with van der Waals surface area (Å²) < 4.78 is 4.75. The monoisotopic (exact) mass is 143 g/mol. The molecule has 0 aliphatic heterocycles. The van der Waals surface area contributed by atoms with Crippen LogP contribution in [-0.2, 0) is 0 Å². The van der Waals surface area contributed by atoms with Crippen LogP contribution in [0.15, 0.2) is 10.8 Å². The fourth-order valence-electron chi connectivity index (χ4n) is 0.533. The van der Waals surface area contributed by atoms with Crippen molar-refractivity contribution in [3.05, 3.63) is 12.3 Å². The van der Waals surface area contributed by atoms with Gasteiger partial charge in [-0.25, -0.2) is 0 Å². The minimum absolute atomic E-state index is 0.259. The molecule has 0 amide bonds. The van der Waals surface area contributed by atoms with Crippen LogP contribution < -0.4 is 5.73 Å². The lowest BCUT2D eigenvalue weighted by Crippen LogP contribution is -2.23. The average Bonchev–Trinajstić information content (AvgIpc) is 2.36. The summed E-state index contributed by atoms with van der Waals surface area (Å²) in [4.78, 5) is 0. The molecule has 0 saturated heterocycles. The number of nitrogens with two attached hydrogens (primary N) is 1. The number of rotatable bonds is 2. The van der Waals surface area contributed by atoms with E-state index in [1.54, 1.807) is 6.92 Å². The van der Waals surface area contributed by atoms with E-state index in [-0.39, 0.29) is 5.89 Å². The standard InChI is InChI=1S/C5H9N3O2/c1-3(9)4(6)5-8-7-2-10-5/h2-4,9H,6H2,1H3/t3-,4+/m1/s1. The van der Waals surface area contributed by atoms with E-state index in [9.17, 15) is 0 Å². The van der Waals surface area contributed by atoms with E-state index in [0.29, 0.717) is 0 Å². The maximum Gasteiger partial charge on any atom is 0.235 e. The Morgan fingerprint density at radius 1 is 1.80 bits per heavy atom. The van der Waals surface area contributed by atoms with Crippen LogP contribution in [-0.4, -0.2) is 21.4 Å². The predicted molar refractivity (Wildman–Crippen MR) is 32.9 cm³/mol. The summed E-state index contributed by atoms with van der Waals surface area (Å²) >= 11 is 0. The average molecular weight is 143 g/mol. The molecule has 5 heteroatoms. The molecular weight excluding hydrogens is 134 g/mol. The Bertz CT molecular complexity index is 185. The Kier molecular flexibility index (Phi) is 1.98. The third kappa shape index (κ3) is 1.31. The second-order valence-electron chi connectivity index (χ2n) is 2.04. The van der Waals surface area contributed by atoms with Gasteiger partial charge < -0.3 is 15.3 Å². The maximum atomic E-state index is 8.94. The molecule has 1 aromatic rings. The fourth-order valence-corrected chi connectivity index (χ4v) is 0.533. The van der Waals surface area contributed by atoms with Gasteiger partial charge in [0.25, 0.3) is 0 Å². The van der Waals surface area contributed by atoms with Crippen LogP contribution in [0.3, 0.4) is 0 Å². The van der Waals surface area contributed by atoms with Crippen molar-refractivity contribution in [1.29, 1.82) is 0 Å². The highest BCUT2D eigenvalue weighted by Gasteiger charge is 2.16. The first-order valence-corrected chi connectivity index (χ1v) is 2.91. The Hall–Kier alpha value is -0.940. The fraction of sp³-hybridized carbons (Fsp3) is 0.600. The lowest BCUT2D eigenvalue weighted by molar-refractivity contribution is 0.150. The molecule has 10 heavy (non-hydrogen) atoms. The summed E-state index contributed by atoms with van der Waals surface area (Å²) in [6, 6.07) is -0.581. The van der Waals surface area contributed by atoms with Gasteiger partial charge in [-0.1, -0.05) is 0 Å². The molecule has 0 aromatic carbocycles. The first-order chi connectivity index (χ1) is 4.72. The van der Waals surface area contributed by atoms with Crippen LogP contribution in [0.4, 0.5) is 0 Å². The molecule has 0 aliphatic carbocycles. The third-order valence-corrected chi connectivity index (χ3v) is 1.18. The van der Waals surface area contributed by atoms with Crippen molar-refractivity contribution >= 4 is 0 Å². The number of hydrogen-bond acceptors (Lipinski definition) is 5. The molecule has 0 unspecified atom stereocenters. The molecule has 0 radical (unpaired) electrons. The van der Waals surface area contributed by atoms with Crippen LogP contribution in [0, 0.1) is 0 Å². The van der Waals surface area contributed by atoms with E-state index in [4.69, 9.17) is 15.3 Å². The quantitative estimate of drug-likeness (QED) is 0.580. The van der Waals surface area contributed by atoms with E-state index in [1.807, 2.05) is 0 Å². The van der Waals surface area contributed by atoms with E-state index in [1.165, 1.54) is 6.39 Å². The van der Waals surface area contributed by atoms with E-state index in [0.717, 1.165) is 0 Å². The van der Waals surface area contributed by atoms with Gasteiger partial charge in [-0.15, -0.1) is 10.2 Å². The molecular formula is C5H9N3O2. The zero-order valence-electron chi connectivity index (χ0n) is 5.56. The molecule has 0 bridgehead atoms. The predicted octanol–water partition coefficient (Wildman–Crippen LogP) is -0.550. The normalized spacial score (nSPS) is 16.7. The van der Waals surface area contributed by atoms with Crippen LogP contribution >= 0.6 is 0 Å². The van der Waals surface area contributed by atoms with Gasteiger partial charge in [-0.3, -0.25) is 0 Å². The lowest BCUT2D eigenvalue weighted by atomic mass is 10.2. The molecule has 0 saturated carbocycles. The van der Waals surface area contributed by atoms with Gasteiger partial charge >= 0.3 is 0 Å². The van der Waals surface area contributed by atoms with Gasteiger partial charge in [0.15, 0.2) is 0 Å². The highest BCUT2D eigenvalue weighted by molar-refractivity contribution is 4.86. The molecule has 5 nitrogen and oxygen atoms in total. The van der Waals surface area contributed by atoms with Crippen LogP contribution in [0.5, 0.6) is 0 Å². The molecule has 3 N–H and O–H groups in total. The number of nitrogens with zero attached hydrogens (tertiary/aromatic N) is 2. The highest BCUT2D eigenvalue weighted by Crippen LogP contribution is 2.08. The Labute approximate surface area is 57.9 Å². The van der Waals surface area contributed by atoms with Crippen molar-refractivity contribution in [1.82, 2.24) is 10.2 Å². The van der Waals surface area contributed by atoms with Gasteiger partial charge in [0.1, 0.15) is 6.04 Å². The number of aliphatic hydroxyl groups excluding tert-OH is 1. The Morgan fingerprint density at radius 3 is 2.90 bits per heavy atom.